The molecule has 6 heteroatoms. The van der Waals surface area contributed by atoms with Crippen LogP contribution in [0.1, 0.15) is 11.5 Å². The molecule has 0 saturated heterocycles. The fraction of sp³-hybridized carbons (Fsp3) is 0.0909. The molecule has 0 radical (unpaired) electrons. The minimum absolute atomic E-state index is 0.0235. The summed E-state index contributed by atoms with van der Waals surface area (Å²) in [5, 5.41) is 19.3. The van der Waals surface area contributed by atoms with Crippen LogP contribution in [0.15, 0.2) is 78.9 Å². The van der Waals surface area contributed by atoms with E-state index in [9.17, 15) is 10.0 Å². The molecule has 28 heavy (non-hydrogen) atoms. The minimum Gasteiger partial charge on any atom is -0.485 e. The molecule has 2 atom stereocenters. The lowest BCUT2D eigenvalue weighted by atomic mass is 9.89. The molecule has 2 aliphatic rings. The molecule has 0 spiro atoms. The second kappa shape index (κ2) is 6.75. The second-order valence-electron chi connectivity index (χ2n) is 6.87. The van der Waals surface area contributed by atoms with Crippen LogP contribution >= 0.6 is 0 Å². The predicted octanol–water partition coefficient (Wildman–Crippen LogP) is 2.46. The fourth-order valence-corrected chi connectivity index (χ4v) is 3.68. The van der Waals surface area contributed by atoms with Crippen molar-refractivity contribution >= 4 is 12.8 Å². The zero-order valence-electron chi connectivity index (χ0n) is 14.9. The number of fused-ring (bicyclic) bond motifs is 3. The van der Waals surface area contributed by atoms with Gasteiger partial charge in [-0.3, -0.25) is 0 Å². The van der Waals surface area contributed by atoms with Crippen LogP contribution in [-0.4, -0.2) is 33.2 Å². The third-order valence-electron chi connectivity index (χ3n) is 5.06. The van der Waals surface area contributed by atoms with Crippen molar-refractivity contribution < 1.29 is 14.8 Å². The zero-order valence-corrected chi connectivity index (χ0v) is 14.9. The normalized spacial score (nSPS) is 19.1. The van der Waals surface area contributed by atoms with Gasteiger partial charge in [0.2, 0.25) is 0 Å². The van der Waals surface area contributed by atoms with E-state index in [1.807, 2.05) is 60.7 Å². The van der Waals surface area contributed by atoms with E-state index in [0.717, 1.165) is 22.4 Å². The summed E-state index contributed by atoms with van der Waals surface area (Å²) in [6.07, 6.45) is 8.27. The van der Waals surface area contributed by atoms with Crippen LogP contribution in [-0.2, 0) is 0 Å². The van der Waals surface area contributed by atoms with Gasteiger partial charge in [-0.2, -0.15) is 0 Å². The molecule has 5 nitrogen and oxygen atoms in total. The van der Waals surface area contributed by atoms with Crippen molar-refractivity contribution in [1.29, 1.82) is 0 Å². The molecule has 2 N–H and O–H groups in total. The van der Waals surface area contributed by atoms with Gasteiger partial charge in [0.25, 0.3) is 0 Å². The van der Waals surface area contributed by atoms with E-state index in [4.69, 9.17) is 4.74 Å². The van der Waals surface area contributed by atoms with Crippen molar-refractivity contribution in [3.8, 4) is 28.3 Å². The van der Waals surface area contributed by atoms with E-state index in [2.05, 4.69) is 28.2 Å². The predicted molar refractivity (Wildman–Crippen MR) is 108 cm³/mol. The number of hydrogen-bond acceptors (Lipinski definition) is 5. The molecule has 3 aromatic rings. The Kier molecular flexibility index (Phi) is 4.08. The Bertz CT molecular complexity index is 1100. The maximum Gasteiger partial charge on any atom is 0.528 e. The SMILES string of the molecule is OB(O)c1nc(-c2ccccc2)cc(-c2ccc3c(c2)OC2C=CC=CC32)n1. The topological polar surface area (TPSA) is 75.5 Å². The molecule has 2 heterocycles. The number of hydrogen-bond donors (Lipinski definition) is 2. The molecule has 2 aromatic carbocycles. The van der Waals surface area contributed by atoms with Gasteiger partial charge in [-0.1, -0.05) is 60.7 Å². The van der Waals surface area contributed by atoms with E-state index >= 15 is 0 Å². The van der Waals surface area contributed by atoms with Crippen LogP contribution in [0.25, 0.3) is 22.5 Å². The van der Waals surface area contributed by atoms with Crippen molar-refractivity contribution in [2.45, 2.75) is 12.0 Å². The number of ether oxygens (including phenoxy) is 1. The number of rotatable bonds is 3. The summed E-state index contributed by atoms with van der Waals surface area (Å²) in [5.41, 5.74) is 4.09. The summed E-state index contributed by atoms with van der Waals surface area (Å²) in [5.74, 6) is 1.06. The van der Waals surface area contributed by atoms with Crippen LogP contribution in [0, 0.1) is 0 Å². The number of benzene rings is 2. The first-order chi connectivity index (χ1) is 13.7. The Morgan fingerprint density at radius 2 is 1.57 bits per heavy atom. The molecule has 0 bridgehead atoms. The second-order valence-corrected chi connectivity index (χ2v) is 6.87. The van der Waals surface area contributed by atoms with Gasteiger partial charge in [0.05, 0.1) is 11.4 Å². The van der Waals surface area contributed by atoms with Crippen molar-refractivity contribution in [2.24, 2.45) is 0 Å². The summed E-state index contributed by atoms with van der Waals surface area (Å²) in [6.45, 7) is 0. The highest BCUT2D eigenvalue weighted by Gasteiger charge is 2.32. The average molecular weight is 368 g/mol. The molecule has 136 valence electrons. The molecule has 0 saturated carbocycles. The molecule has 0 fully saturated rings. The van der Waals surface area contributed by atoms with Crippen molar-refractivity contribution in [3.63, 3.8) is 0 Å². The Morgan fingerprint density at radius 3 is 2.36 bits per heavy atom. The van der Waals surface area contributed by atoms with Crippen molar-refractivity contribution in [3.05, 3.63) is 84.5 Å². The largest absolute Gasteiger partial charge is 0.528 e. The van der Waals surface area contributed by atoms with Gasteiger partial charge in [0.1, 0.15) is 11.9 Å². The smallest absolute Gasteiger partial charge is 0.485 e. The minimum atomic E-state index is -1.74. The van der Waals surface area contributed by atoms with Crippen molar-refractivity contribution in [2.75, 3.05) is 0 Å². The van der Waals surface area contributed by atoms with Crippen molar-refractivity contribution in [1.82, 2.24) is 9.97 Å². The van der Waals surface area contributed by atoms with Gasteiger partial charge in [0, 0.05) is 22.6 Å². The summed E-state index contributed by atoms with van der Waals surface area (Å²) in [4.78, 5) is 8.65. The molecule has 1 aliphatic heterocycles. The van der Waals surface area contributed by atoms with Crippen LogP contribution in [0.4, 0.5) is 0 Å². The highest BCUT2D eigenvalue weighted by atomic mass is 16.5. The Hall–Kier alpha value is -3.22. The molecule has 1 aliphatic carbocycles. The van der Waals surface area contributed by atoms with Gasteiger partial charge >= 0.3 is 7.12 Å². The quantitative estimate of drug-likeness (QED) is 0.695. The summed E-state index contributed by atoms with van der Waals surface area (Å²) in [6, 6.07) is 17.5. The monoisotopic (exact) mass is 368 g/mol. The van der Waals surface area contributed by atoms with Gasteiger partial charge in [-0.25, -0.2) is 9.97 Å². The Morgan fingerprint density at radius 1 is 0.821 bits per heavy atom. The molecular weight excluding hydrogens is 351 g/mol. The lowest BCUT2D eigenvalue weighted by molar-refractivity contribution is 0.269. The van der Waals surface area contributed by atoms with E-state index in [1.165, 1.54) is 0 Å². The molecular formula is C22H17BN2O3. The first kappa shape index (κ1) is 16.9. The van der Waals surface area contributed by atoms with Crippen LogP contribution in [0.2, 0.25) is 0 Å². The molecule has 2 unspecified atom stereocenters. The number of nitrogens with zero attached hydrogens (tertiary/aromatic N) is 2. The van der Waals surface area contributed by atoms with Crippen LogP contribution in [0.5, 0.6) is 5.75 Å². The maximum absolute atomic E-state index is 9.65. The standard InChI is InChI=1S/C22H17BN2O3/c26-23(27)22-24-18(14-6-2-1-3-7-14)13-19(25-22)15-10-11-17-16-8-4-5-9-20(16)28-21(17)12-15/h1-13,16,20,26-27H. The van der Waals surface area contributed by atoms with E-state index < -0.39 is 7.12 Å². The fourth-order valence-electron chi connectivity index (χ4n) is 3.68. The third-order valence-corrected chi connectivity index (χ3v) is 5.06. The van der Waals surface area contributed by atoms with Crippen LogP contribution < -0.4 is 10.5 Å². The summed E-state index contributed by atoms with van der Waals surface area (Å²) in [7, 11) is -1.74. The molecule has 1 aromatic heterocycles. The first-order valence-electron chi connectivity index (χ1n) is 9.15. The van der Waals surface area contributed by atoms with E-state index in [1.54, 1.807) is 0 Å². The Balaban J connectivity index is 1.59. The lowest BCUT2D eigenvalue weighted by Crippen LogP contribution is -2.36. The highest BCUT2D eigenvalue weighted by Crippen LogP contribution is 2.42. The van der Waals surface area contributed by atoms with E-state index in [-0.39, 0.29) is 17.7 Å². The van der Waals surface area contributed by atoms with E-state index in [0.29, 0.717) is 11.4 Å². The summed E-state index contributed by atoms with van der Waals surface area (Å²) >= 11 is 0. The third kappa shape index (κ3) is 2.93. The van der Waals surface area contributed by atoms with Crippen LogP contribution in [0.3, 0.4) is 0 Å². The first-order valence-corrected chi connectivity index (χ1v) is 9.15. The molecule has 5 rings (SSSR count). The zero-order chi connectivity index (χ0) is 19.1. The molecule has 0 amide bonds. The lowest BCUT2D eigenvalue weighted by Gasteiger charge is -2.13. The maximum atomic E-state index is 9.65. The van der Waals surface area contributed by atoms with Gasteiger partial charge in [0.15, 0.2) is 5.72 Å². The number of aromatic nitrogens is 2. The Labute approximate surface area is 162 Å². The van der Waals surface area contributed by atoms with Gasteiger partial charge < -0.3 is 14.8 Å². The summed E-state index contributed by atoms with van der Waals surface area (Å²) < 4.78 is 6.09. The number of allylic oxidation sites excluding steroid dienone is 2. The highest BCUT2D eigenvalue weighted by molar-refractivity contribution is 6.56. The average Bonchev–Trinajstić information content (AvgIpc) is 3.12. The van der Waals surface area contributed by atoms with Gasteiger partial charge in [-0.15, -0.1) is 0 Å². The van der Waals surface area contributed by atoms with Gasteiger partial charge in [-0.05, 0) is 18.2 Å².